The zero-order chi connectivity index (χ0) is 18.9. The van der Waals surface area contributed by atoms with Crippen LogP contribution in [0.5, 0.6) is 5.75 Å². The number of hydrogen-bond acceptors (Lipinski definition) is 4. The highest BCUT2D eigenvalue weighted by Gasteiger charge is 2.09. The van der Waals surface area contributed by atoms with Gasteiger partial charge in [0.1, 0.15) is 12.4 Å². The average Bonchev–Trinajstić information content (AvgIpc) is 2.68. The maximum absolute atomic E-state index is 6.20. The molecule has 27 heavy (non-hydrogen) atoms. The Labute approximate surface area is 171 Å². The summed E-state index contributed by atoms with van der Waals surface area (Å²) in [7, 11) is 0. The second-order valence-corrected chi connectivity index (χ2v) is 7.50. The maximum atomic E-state index is 6.20. The lowest BCUT2D eigenvalue weighted by molar-refractivity contribution is 0.0374. The standard InChI is InChI=1S/C21H26Cl2N2O2/c22-19-6-5-18(21(23)14-19)16-27-20-4-1-3-17(13-20)15-24-7-2-8-25-9-11-26-12-10-25/h1,3-6,13-14,24H,2,7-12,15-16H2. The molecule has 146 valence electrons. The van der Waals surface area contributed by atoms with Gasteiger partial charge in [-0.2, -0.15) is 0 Å². The molecule has 0 saturated carbocycles. The van der Waals surface area contributed by atoms with Crippen LogP contribution < -0.4 is 10.1 Å². The van der Waals surface area contributed by atoms with Crippen molar-refractivity contribution in [3.63, 3.8) is 0 Å². The van der Waals surface area contributed by atoms with Crippen molar-refractivity contribution in [1.29, 1.82) is 0 Å². The van der Waals surface area contributed by atoms with Gasteiger partial charge in [0.25, 0.3) is 0 Å². The molecule has 0 radical (unpaired) electrons. The van der Waals surface area contributed by atoms with Crippen molar-refractivity contribution in [1.82, 2.24) is 10.2 Å². The molecule has 2 aromatic rings. The average molecular weight is 409 g/mol. The third-order valence-corrected chi connectivity index (χ3v) is 5.16. The molecular weight excluding hydrogens is 383 g/mol. The van der Waals surface area contributed by atoms with Crippen LogP contribution in [0, 0.1) is 0 Å². The predicted octanol–water partition coefficient (Wildman–Crippen LogP) is 4.38. The lowest BCUT2D eigenvalue weighted by Crippen LogP contribution is -2.37. The molecule has 0 amide bonds. The van der Waals surface area contributed by atoms with Gasteiger partial charge in [-0.1, -0.05) is 41.4 Å². The number of morpholine rings is 1. The Hall–Kier alpha value is -1.30. The highest BCUT2D eigenvalue weighted by Crippen LogP contribution is 2.23. The first-order chi connectivity index (χ1) is 13.2. The van der Waals surface area contributed by atoms with E-state index in [2.05, 4.69) is 22.3 Å². The van der Waals surface area contributed by atoms with Gasteiger partial charge < -0.3 is 14.8 Å². The van der Waals surface area contributed by atoms with E-state index in [4.69, 9.17) is 32.7 Å². The summed E-state index contributed by atoms with van der Waals surface area (Å²) in [5, 5.41) is 4.76. The Kier molecular flexibility index (Phi) is 8.24. The van der Waals surface area contributed by atoms with Crippen LogP contribution in [0.1, 0.15) is 17.5 Å². The summed E-state index contributed by atoms with van der Waals surface area (Å²) in [6, 6.07) is 13.6. The van der Waals surface area contributed by atoms with Gasteiger partial charge in [0.05, 0.1) is 13.2 Å². The Bertz CT molecular complexity index is 721. The SMILES string of the molecule is Clc1ccc(COc2cccc(CNCCCN3CCOCC3)c2)c(Cl)c1. The molecule has 1 saturated heterocycles. The second kappa shape index (κ2) is 10.9. The number of hydrogen-bond donors (Lipinski definition) is 1. The molecule has 1 fully saturated rings. The minimum absolute atomic E-state index is 0.423. The number of nitrogens with one attached hydrogen (secondary N) is 1. The summed E-state index contributed by atoms with van der Waals surface area (Å²) in [5.74, 6) is 0.841. The number of halogens is 2. The first-order valence-corrected chi connectivity index (χ1v) is 10.1. The van der Waals surface area contributed by atoms with E-state index in [0.29, 0.717) is 16.7 Å². The Morgan fingerprint density at radius 2 is 1.93 bits per heavy atom. The molecule has 4 nitrogen and oxygen atoms in total. The fourth-order valence-electron chi connectivity index (χ4n) is 3.03. The quantitative estimate of drug-likeness (QED) is 0.623. The molecule has 6 heteroatoms. The van der Waals surface area contributed by atoms with Crippen LogP contribution >= 0.6 is 23.2 Å². The number of nitrogens with zero attached hydrogens (tertiary/aromatic N) is 1. The van der Waals surface area contributed by atoms with Gasteiger partial charge in [-0.05, 0) is 49.3 Å². The molecule has 1 heterocycles. The third-order valence-electron chi connectivity index (χ3n) is 4.57. The van der Waals surface area contributed by atoms with Crippen LogP contribution in [0.15, 0.2) is 42.5 Å². The minimum atomic E-state index is 0.423. The molecule has 0 unspecified atom stereocenters. The first-order valence-electron chi connectivity index (χ1n) is 9.37. The monoisotopic (exact) mass is 408 g/mol. The summed E-state index contributed by atoms with van der Waals surface area (Å²) >= 11 is 12.1. The summed E-state index contributed by atoms with van der Waals surface area (Å²) in [4.78, 5) is 2.46. The molecular formula is C21H26Cl2N2O2. The van der Waals surface area contributed by atoms with Crippen LogP contribution in [-0.2, 0) is 17.9 Å². The van der Waals surface area contributed by atoms with Crippen molar-refractivity contribution in [3.8, 4) is 5.75 Å². The topological polar surface area (TPSA) is 33.7 Å². The van der Waals surface area contributed by atoms with E-state index in [1.165, 1.54) is 5.56 Å². The fraction of sp³-hybridized carbons (Fsp3) is 0.429. The summed E-state index contributed by atoms with van der Waals surface area (Å²) in [6.45, 7) is 7.22. The highest BCUT2D eigenvalue weighted by molar-refractivity contribution is 6.35. The molecule has 0 spiro atoms. The van der Waals surface area contributed by atoms with Crippen LogP contribution in [-0.4, -0.2) is 44.3 Å². The van der Waals surface area contributed by atoms with Crippen molar-refractivity contribution >= 4 is 23.2 Å². The van der Waals surface area contributed by atoms with E-state index in [1.807, 2.05) is 24.3 Å². The maximum Gasteiger partial charge on any atom is 0.120 e. The molecule has 0 aromatic heterocycles. The van der Waals surface area contributed by atoms with E-state index in [9.17, 15) is 0 Å². The van der Waals surface area contributed by atoms with E-state index < -0.39 is 0 Å². The molecule has 3 rings (SSSR count). The highest BCUT2D eigenvalue weighted by atomic mass is 35.5. The largest absolute Gasteiger partial charge is 0.489 e. The van der Waals surface area contributed by atoms with E-state index in [1.54, 1.807) is 6.07 Å². The first kappa shape index (κ1) is 20.4. The molecule has 0 aliphatic carbocycles. The summed E-state index contributed by atoms with van der Waals surface area (Å²) in [5.41, 5.74) is 2.13. The smallest absolute Gasteiger partial charge is 0.120 e. The zero-order valence-electron chi connectivity index (χ0n) is 15.4. The molecule has 1 N–H and O–H groups in total. The van der Waals surface area contributed by atoms with Gasteiger partial charge in [-0.3, -0.25) is 4.90 Å². The van der Waals surface area contributed by atoms with Crippen LogP contribution in [0.2, 0.25) is 10.0 Å². The normalized spacial score (nSPS) is 15.0. The van der Waals surface area contributed by atoms with Gasteiger partial charge >= 0.3 is 0 Å². The number of benzene rings is 2. The third kappa shape index (κ3) is 6.98. The molecule has 0 atom stereocenters. The predicted molar refractivity (Wildman–Crippen MR) is 111 cm³/mol. The van der Waals surface area contributed by atoms with Crippen LogP contribution in [0.3, 0.4) is 0 Å². The van der Waals surface area contributed by atoms with Gasteiger partial charge in [-0.15, -0.1) is 0 Å². The van der Waals surface area contributed by atoms with Crippen molar-refractivity contribution in [2.45, 2.75) is 19.6 Å². The van der Waals surface area contributed by atoms with E-state index >= 15 is 0 Å². The number of ether oxygens (including phenoxy) is 2. The Morgan fingerprint density at radius 1 is 1.07 bits per heavy atom. The van der Waals surface area contributed by atoms with E-state index in [0.717, 1.165) is 63.7 Å². The summed E-state index contributed by atoms with van der Waals surface area (Å²) < 4.78 is 11.3. The van der Waals surface area contributed by atoms with Gasteiger partial charge in [0, 0.05) is 35.2 Å². The van der Waals surface area contributed by atoms with Crippen LogP contribution in [0.25, 0.3) is 0 Å². The van der Waals surface area contributed by atoms with Gasteiger partial charge in [0.15, 0.2) is 0 Å². The van der Waals surface area contributed by atoms with Gasteiger partial charge in [-0.25, -0.2) is 0 Å². The Morgan fingerprint density at radius 3 is 2.74 bits per heavy atom. The molecule has 1 aliphatic rings. The second-order valence-electron chi connectivity index (χ2n) is 6.66. The lowest BCUT2D eigenvalue weighted by atomic mass is 10.2. The van der Waals surface area contributed by atoms with Crippen molar-refractivity contribution in [2.75, 3.05) is 39.4 Å². The van der Waals surface area contributed by atoms with Gasteiger partial charge in [0.2, 0.25) is 0 Å². The summed E-state index contributed by atoms with van der Waals surface area (Å²) in [6.07, 6.45) is 1.14. The lowest BCUT2D eigenvalue weighted by Gasteiger charge is -2.26. The zero-order valence-corrected chi connectivity index (χ0v) is 16.9. The fourth-order valence-corrected chi connectivity index (χ4v) is 3.49. The molecule has 2 aromatic carbocycles. The van der Waals surface area contributed by atoms with E-state index in [-0.39, 0.29) is 0 Å². The Balaban J connectivity index is 1.39. The van der Waals surface area contributed by atoms with Crippen molar-refractivity contribution < 1.29 is 9.47 Å². The molecule has 1 aliphatic heterocycles. The van der Waals surface area contributed by atoms with Crippen molar-refractivity contribution in [2.24, 2.45) is 0 Å². The minimum Gasteiger partial charge on any atom is -0.489 e. The van der Waals surface area contributed by atoms with Crippen molar-refractivity contribution in [3.05, 3.63) is 63.6 Å². The number of rotatable bonds is 9. The molecule has 0 bridgehead atoms. The van der Waals surface area contributed by atoms with Crippen LogP contribution in [0.4, 0.5) is 0 Å².